The smallest absolute Gasteiger partial charge is 0.247 e. The molecule has 0 bridgehead atoms. The van der Waals surface area contributed by atoms with Crippen molar-refractivity contribution in [2.45, 2.75) is 68.5 Å². The van der Waals surface area contributed by atoms with Crippen LogP contribution in [0.5, 0.6) is 5.75 Å². The van der Waals surface area contributed by atoms with Crippen molar-refractivity contribution in [1.29, 1.82) is 0 Å². The van der Waals surface area contributed by atoms with Gasteiger partial charge in [-0.15, -0.1) is 11.8 Å². The van der Waals surface area contributed by atoms with Crippen molar-refractivity contribution in [2.24, 2.45) is 11.8 Å². The second-order valence-corrected chi connectivity index (χ2v) is 14.1. The zero-order chi connectivity index (χ0) is 28.9. The predicted molar refractivity (Wildman–Crippen MR) is 157 cm³/mol. The Labute approximate surface area is 241 Å². The van der Waals surface area contributed by atoms with E-state index in [9.17, 15) is 19.5 Å². The van der Waals surface area contributed by atoms with Gasteiger partial charge in [0, 0.05) is 42.2 Å². The minimum Gasteiger partial charge on any atom is -0.494 e. The summed E-state index contributed by atoms with van der Waals surface area (Å²) in [4.78, 5) is 48.5. The van der Waals surface area contributed by atoms with Crippen LogP contribution in [-0.2, 0) is 14.4 Å². The van der Waals surface area contributed by atoms with Crippen LogP contribution < -0.4 is 9.64 Å². The van der Waals surface area contributed by atoms with Crippen molar-refractivity contribution in [3.05, 3.63) is 48.6 Å². The number of carbonyl (C=O) groups is 3. The SMILES string of the molecule is CCOc1ccc(N2CC=C[C@]3(C)S[C@]45C=CCN(C(C)(C)C)C(=O)C4N(CCCCO)C(=O)[C@@H]5[C@@H]3C2=O)cc1. The van der Waals surface area contributed by atoms with Crippen LogP contribution in [0.25, 0.3) is 0 Å². The molecule has 0 aliphatic carbocycles. The molecule has 3 amide bonds. The molecule has 2 fully saturated rings. The maximum absolute atomic E-state index is 14.5. The van der Waals surface area contributed by atoms with E-state index in [1.165, 1.54) is 0 Å². The number of amides is 3. The fourth-order valence-corrected chi connectivity index (χ4v) is 9.04. The lowest BCUT2D eigenvalue weighted by Gasteiger charge is -2.41. The fraction of sp³-hybridized carbons (Fsp3) is 0.581. The average molecular weight is 568 g/mol. The summed E-state index contributed by atoms with van der Waals surface area (Å²) in [5, 5.41) is 9.42. The largest absolute Gasteiger partial charge is 0.494 e. The van der Waals surface area contributed by atoms with E-state index in [-0.39, 0.29) is 24.3 Å². The lowest BCUT2D eigenvalue weighted by Crippen LogP contribution is -2.57. The van der Waals surface area contributed by atoms with Crippen LogP contribution in [0.2, 0.25) is 0 Å². The summed E-state index contributed by atoms with van der Waals surface area (Å²) in [7, 11) is 0. The van der Waals surface area contributed by atoms with Gasteiger partial charge < -0.3 is 24.5 Å². The van der Waals surface area contributed by atoms with Gasteiger partial charge in [-0.1, -0.05) is 24.3 Å². The molecular formula is C31H41N3O5S. The number of likely N-dealkylation sites (tertiary alicyclic amines) is 1. The molecule has 0 aromatic heterocycles. The van der Waals surface area contributed by atoms with E-state index < -0.39 is 32.9 Å². The molecule has 0 saturated carbocycles. The predicted octanol–water partition coefficient (Wildman–Crippen LogP) is 3.65. The summed E-state index contributed by atoms with van der Waals surface area (Å²) >= 11 is 1.60. The van der Waals surface area contributed by atoms with Gasteiger partial charge in [0.15, 0.2) is 0 Å². The zero-order valence-corrected chi connectivity index (χ0v) is 24.9. The van der Waals surface area contributed by atoms with Crippen LogP contribution in [0.3, 0.4) is 0 Å². The molecule has 4 heterocycles. The molecule has 5 rings (SSSR count). The number of anilines is 1. The Morgan fingerprint density at radius 1 is 0.975 bits per heavy atom. The van der Waals surface area contributed by atoms with Gasteiger partial charge in [0.2, 0.25) is 17.7 Å². The first kappa shape index (κ1) is 28.7. The summed E-state index contributed by atoms with van der Waals surface area (Å²) in [6, 6.07) is 6.77. The van der Waals surface area contributed by atoms with Crippen molar-refractivity contribution in [2.75, 3.05) is 37.7 Å². The topological polar surface area (TPSA) is 90.4 Å². The molecule has 0 radical (unpaired) electrons. The first-order valence-electron chi connectivity index (χ1n) is 14.3. The number of rotatable bonds is 7. The molecule has 4 aliphatic heterocycles. The Morgan fingerprint density at radius 3 is 2.33 bits per heavy atom. The van der Waals surface area contributed by atoms with Gasteiger partial charge >= 0.3 is 0 Å². The average Bonchev–Trinajstić information content (AvgIpc) is 3.15. The van der Waals surface area contributed by atoms with Crippen molar-refractivity contribution in [3.8, 4) is 5.75 Å². The quantitative estimate of drug-likeness (QED) is 0.400. The molecule has 40 heavy (non-hydrogen) atoms. The number of hydrogen-bond donors (Lipinski definition) is 1. The number of hydrogen-bond acceptors (Lipinski definition) is 6. The van der Waals surface area contributed by atoms with Gasteiger partial charge in [0.1, 0.15) is 11.8 Å². The normalized spacial score (nSPS) is 31.7. The van der Waals surface area contributed by atoms with Gasteiger partial charge in [-0.25, -0.2) is 0 Å². The van der Waals surface area contributed by atoms with Gasteiger partial charge in [-0.2, -0.15) is 0 Å². The Balaban J connectivity index is 1.58. The van der Waals surface area contributed by atoms with Crippen LogP contribution >= 0.6 is 11.8 Å². The highest BCUT2D eigenvalue weighted by molar-refractivity contribution is 8.02. The highest BCUT2D eigenvalue weighted by Crippen LogP contribution is 2.65. The number of fused-ring (bicyclic) bond motifs is 2. The monoisotopic (exact) mass is 567 g/mol. The Kier molecular flexibility index (Phi) is 7.59. The first-order chi connectivity index (χ1) is 19.0. The molecule has 216 valence electrons. The second-order valence-electron chi connectivity index (χ2n) is 12.3. The zero-order valence-electron chi connectivity index (χ0n) is 24.1. The lowest BCUT2D eigenvalue weighted by atomic mass is 9.74. The summed E-state index contributed by atoms with van der Waals surface area (Å²) in [5.41, 5.74) is 0.323. The molecule has 2 saturated heterocycles. The maximum Gasteiger partial charge on any atom is 0.247 e. The van der Waals surface area contributed by atoms with Gasteiger partial charge in [0.25, 0.3) is 0 Å². The van der Waals surface area contributed by atoms with Gasteiger partial charge in [-0.05, 0) is 71.7 Å². The van der Waals surface area contributed by atoms with Crippen molar-refractivity contribution in [3.63, 3.8) is 0 Å². The van der Waals surface area contributed by atoms with Crippen LogP contribution in [0.15, 0.2) is 48.6 Å². The van der Waals surface area contributed by atoms with E-state index in [2.05, 4.69) is 12.2 Å². The number of ether oxygens (including phenoxy) is 1. The van der Waals surface area contributed by atoms with Crippen LogP contribution in [0.4, 0.5) is 5.69 Å². The van der Waals surface area contributed by atoms with Crippen molar-refractivity contribution < 1.29 is 24.2 Å². The highest BCUT2D eigenvalue weighted by Gasteiger charge is 2.74. The summed E-state index contributed by atoms with van der Waals surface area (Å²) < 4.78 is 4.07. The summed E-state index contributed by atoms with van der Waals surface area (Å²) in [5.74, 6) is -0.908. The van der Waals surface area contributed by atoms with Gasteiger partial charge in [0.05, 0.1) is 23.2 Å². The van der Waals surface area contributed by atoms with Crippen LogP contribution in [-0.4, -0.2) is 86.6 Å². The minimum absolute atomic E-state index is 0.0268. The van der Waals surface area contributed by atoms with E-state index >= 15 is 0 Å². The van der Waals surface area contributed by atoms with E-state index in [1.807, 2.05) is 75.9 Å². The van der Waals surface area contributed by atoms with E-state index in [1.54, 1.807) is 21.6 Å². The molecule has 8 nitrogen and oxygen atoms in total. The highest BCUT2D eigenvalue weighted by atomic mass is 32.2. The fourth-order valence-electron chi connectivity index (χ4n) is 6.88. The second kappa shape index (κ2) is 10.6. The van der Waals surface area contributed by atoms with Crippen molar-refractivity contribution in [1.82, 2.24) is 9.80 Å². The molecule has 1 unspecified atom stereocenters. The Hall–Kier alpha value is -2.78. The molecule has 5 atom stereocenters. The lowest BCUT2D eigenvalue weighted by molar-refractivity contribution is -0.145. The molecule has 1 aromatic carbocycles. The molecule has 4 aliphatic rings. The number of aliphatic hydroxyl groups excluding tert-OH is 1. The molecule has 1 N–H and O–H groups in total. The number of aliphatic hydroxyl groups is 1. The van der Waals surface area contributed by atoms with E-state index in [4.69, 9.17) is 4.74 Å². The number of thioether (sulfide) groups is 1. The Bertz CT molecular complexity index is 1220. The van der Waals surface area contributed by atoms with Crippen LogP contribution in [0.1, 0.15) is 47.5 Å². The minimum atomic E-state index is -0.866. The molecule has 9 heteroatoms. The maximum atomic E-state index is 14.5. The summed E-state index contributed by atoms with van der Waals surface area (Å²) in [6.45, 7) is 11.8. The third kappa shape index (κ3) is 4.55. The first-order valence-corrected chi connectivity index (χ1v) is 15.1. The van der Waals surface area contributed by atoms with E-state index in [0.29, 0.717) is 39.1 Å². The number of benzene rings is 1. The van der Waals surface area contributed by atoms with E-state index in [0.717, 1.165) is 11.4 Å². The Morgan fingerprint density at radius 2 is 1.68 bits per heavy atom. The molecular weight excluding hydrogens is 526 g/mol. The number of nitrogens with zero attached hydrogens (tertiary/aromatic N) is 3. The molecule has 1 aromatic rings. The number of carbonyl (C=O) groups excluding carboxylic acids is 3. The number of unbranched alkanes of at least 4 members (excludes halogenated alkanes) is 1. The van der Waals surface area contributed by atoms with Gasteiger partial charge in [-0.3, -0.25) is 14.4 Å². The van der Waals surface area contributed by atoms with Crippen molar-refractivity contribution >= 4 is 35.2 Å². The third-order valence-electron chi connectivity index (χ3n) is 8.63. The third-order valence-corrected chi connectivity index (χ3v) is 10.4. The standard InChI is InChI=1S/C31H41N3O5S/c1-6-39-22-13-11-21(12-14-22)32-18-9-15-30(5)23(26(32)36)24-27(37)33(17-7-8-20-35)25-28(38)34(29(2,3)4)19-10-16-31(24,25)40-30/h9-16,23-25,35H,6-8,17-20H2,1-5H3/t23-,24+,25?,30+,31+/m1/s1. The summed E-state index contributed by atoms with van der Waals surface area (Å²) in [6.07, 6.45) is 9.30. The molecule has 1 spiro atoms. The van der Waals surface area contributed by atoms with Crippen LogP contribution in [0, 0.1) is 11.8 Å².